The van der Waals surface area contributed by atoms with Crippen molar-refractivity contribution in [1.29, 1.82) is 0 Å². The second kappa shape index (κ2) is 8.21. The van der Waals surface area contributed by atoms with Crippen LogP contribution in [0.2, 0.25) is 0 Å². The number of H-pyrrole nitrogens is 1. The van der Waals surface area contributed by atoms with Gasteiger partial charge in [0.15, 0.2) is 0 Å². The lowest BCUT2D eigenvalue weighted by Crippen LogP contribution is -2.26. The van der Waals surface area contributed by atoms with Gasteiger partial charge in [0.1, 0.15) is 5.82 Å². The number of aromatic nitrogens is 1. The van der Waals surface area contributed by atoms with E-state index in [-0.39, 0.29) is 11.7 Å². The number of nitrogens with one attached hydrogen (secondary N) is 2. The van der Waals surface area contributed by atoms with E-state index in [0.29, 0.717) is 13.0 Å². The van der Waals surface area contributed by atoms with Crippen LogP contribution in [0, 0.1) is 5.82 Å². The Balaban J connectivity index is 1.88. The van der Waals surface area contributed by atoms with Gasteiger partial charge in [-0.1, -0.05) is 49.4 Å². The predicted octanol–water partition coefficient (Wildman–Crippen LogP) is 4.92. The Morgan fingerprint density at radius 2 is 2.04 bits per heavy atom. The standard InChI is InChI=1S/C20H21FN2OS/c1-2-3-11-22-19(24)13-17-16-9-4-5-10-18(16)23-20(17)25-15-8-6-7-14(21)12-15/h4-10,12,23H,2-3,11,13H2,1H3,(H,22,24). The van der Waals surface area contributed by atoms with Gasteiger partial charge in [0.25, 0.3) is 0 Å². The first kappa shape index (κ1) is 17.5. The fourth-order valence-corrected chi connectivity index (χ4v) is 3.73. The first-order chi connectivity index (χ1) is 12.2. The summed E-state index contributed by atoms with van der Waals surface area (Å²) < 4.78 is 13.5. The molecule has 0 aliphatic heterocycles. The Kier molecular flexibility index (Phi) is 5.76. The van der Waals surface area contributed by atoms with Crippen LogP contribution in [0.5, 0.6) is 0 Å². The van der Waals surface area contributed by atoms with Crippen molar-refractivity contribution in [2.45, 2.75) is 36.1 Å². The molecule has 2 aromatic carbocycles. The van der Waals surface area contributed by atoms with Crippen LogP contribution < -0.4 is 5.32 Å². The third-order valence-corrected chi connectivity index (χ3v) is 5.02. The Labute approximate surface area is 151 Å². The van der Waals surface area contributed by atoms with Crippen molar-refractivity contribution in [3.8, 4) is 0 Å². The maximum Gasteiger partial charge on any atom is 0.224 e. The summed E-state index contributed by atoms with van der Waals surface area (Å²) in [5.74, 6) is -0.251. The van der Waals surface area contributed by atoms with E-state index in [1.54, 1.807) is 6.07 Å². The van der Waals surface area contributed by atoms with E-state index in [1.165, 1.54) is 23.9 Å². The number of fused-ring (bicyclic) bond motifs is 1. The fraction of sp³-hybridized carbons (Fsp3) is 0.250. The molecular weight excluding hydrogens is 335 g/mol. The first-order valence-electron chi connectivity index (χ1n) is 8.47. The molecule has 25 heavy (non-hydrogen) atoms. The molecule has 3 rings (SSSR count). The van der Waals surface area contributed by atoms with Gasteiger partial charge in [-0.25, -0.2) is 4.39 Å². The van der Waals surface area contributed by atoms with E-state index < -0.39 is 0 Å². The average molecular weight is 356 g/mol. The van der Waals surface area contributed by atoms with Crippen molar-refractivity contribution in [3.05, 3.63) is 59.9 Å². The second-order valence-corrected chi connectivity index (χ2v) is 7.00. The van der Waals surface area contributed by atoms with Crippen LogP contribution in [0.3, 0.4) is 0 Å². The smallest absolute Gasteiger partial charge is 0.224 e. The highest BCUT2D eigenvalue weighted by molar-refractivity contribution is 7.99. The molecule has 0 spiro atoms. The quantitative estimate of drug-likeness (QED) is 0.590. The monoisotopic (exact) mass is 356 g/mol. The van der Waals surface area contributed by atoms with E-state index >= 15 is 0 Å². The largest absolute Gasteiger partial charge is 0.356 e. The number of rotatable bonds is 7. The van der Waals surface area contributed by atoms with Crippen molar-refractivity contribution < 1.29 is 9.18 Å². The molecule has 0 fully saturated rings. The van der Waals surface area contributed by atoms with Crippen molar-refractivity contribution in [2.75, 3.05) is 6.54 Å². The summed E-state index contributed by atoms with van der Waals surface area (Å²) in [6, 6.07) is 14.4. The molecule has 1 heterocycles. The number of carbonyl (C=O) groups is 1. The normalized spacial score (nSPS) is 11.0. The molecule has 3 nitrogen and oxygen atoms in total. The topological polar surface area (TPSA) is 44.9 Å². The maximum absolute atomic E-state index is 13.5. The summed E-state index contributed by atoms with van der Waals surface area (Å²) in [6.45, 7) is 2.80. The average Bonchev–Trinajstić information content (AvgIpc) is 2.93. The lowest BCUT2D eigenvalue weighted by atomic mass is 10.1. The number of aromatic amines is 1. The highest BCUT2D eigenvalue weighted by atomic mass is 32.2. The maximum atomic E-state index is 13.5. The summed E-state index contributed by atoms with van der Waals surface area (Å²) in [4.78, 5) is 16.5. The third-order valence-electron chi connectivity index (χ3n) is 3.98. The minimum Gasteiger partial charge on any atom is -0.356 e. The number of carbonyl (C=O) groups excluding carboxylic acids is 1. The Morgan fingerprint density at radius 3 is 2.84 bits per heavy atom. The van der Waals surface area contributed by atoms with Crippen molar-refractivity contribution >= 4 is 28.6 Å². The Morgan fingerprint density at radius 1 is 1.20 bits per heavy atom. The third kappa shape index (κ3) is 4.42. The lowest BCUT2D eigenvalue weighted by molar-refractivity contribution is -0.120. The molecular formula is C20H21FN2OS. The zero-order valence-electron chi connectivity index (χ0n) is 14.1. The summed E-state index contributed by atoms with van der Waals surface area (Å²) in [5, 5.41) is 4.89. The van der Waals surface area contributed by atoms with Crippen LogP contribution in [0.1, 0.15) is 25.3 Å². The number of halogens is 1. The van der Waals surface area contributed by atoms with E-state index in [2.05, 4.69) is 17.2 Å². The van der Waals surface area contributed by atoms with E-state index in [4.69, 9.17) is 0 Å². The molecule has 3 aromatic rings. The summed E-state index contributed by atoms with van der Waals surface area (Å²) in [5.41, 5.74) is 1.94. The van der Waals surface area contributed by atoms with Crippen molar-refractivity contribution in [3.63, 3.8) is 0 Å². The lowest BCUT2D eigenvalue weighted by Gasteiger charge is -2.07. The van der Waals surface area contributed by atoms with Crippen LogP contribution in [0.15, 0.2) is 58.5 Å². The molecule has 130 valence electrons. The predicted molar refractivity (Wildman–Crippen MR) is 100 cm³/mol. The van der Waals surface area contributed by atoms with Crippen LogP contribution in [0.4, 0.5) is 4.39 Å². The summed E-state index contributed by atoms with van der Waals surface area (Å²) >= 11 is 1.45. The molecule has 0 radical (unpaired) electrons. The van der Waals surface area contributed by atoms with E-state index in [1.807, 2.05) is 30.3 Å². The van der Waals surface area contributed by atoms with Gasteiger partial charge in [0.05, 0.1) is 11.4 Å². The number of benzene rings is 2. The summed E-state index contributed by atoms with van der Waals surface area (Å²) in [6.07, 6.45) is 2.34. The van der Waals surface area contributed by atoms with Crippen molar-refractivity contribution in [2.24, 2.45) is 0 Å². The number of para-hydroxylation sites is 1. The van der Waals surface area contributed by atoms with Gasteiger partial charge in [0.2, 0.25) is 5.91 Å². The molecule has 0 saturated carbocycles. The molecule has 0 aliphatic carbocycles. The molecule has 0 saturated heterocycles. The molecule has 0 bridgehead atoms. The van der Waals surface area contributed by atoms with E-state index in [9.17, 15) is 9.18 Å². The number of unbranched alkanes of at least 4 members (excludes halogenated alkanes) is 1. The minimum atomic E-state index is -0.264. The highest BCUT2D eigenvalue weighted by Gasteiger charge is 2.15. The molecule has 0 atom stereocenters. The molecule has 1 aromatic heterocycles. The van der Waals surface area contributed by atoms with Gasteiger partial charge in [0, 0.05) is 27.9 Å². The second-order valence-electron chi connectivity index (χ2n) is 5.92. The highest BCUT2D eigenvalue weighted by Crippen LogP contribution is 2.34. The number of hydrogen-bond acceptors (Lipinski definition) is 2. The van der Waals surface area contributed by atoms with Gasteiger partial charge >= 0.3 is 0 Å². The Bertz CT molecular complexity index is 875. The number of hydrogen-bond donors (Lipinski definition) is 2. The molecule has 1 amide bonds. The van der Waals surface area contributed by atoms with E-state index in [0.717, 1.165) is 39.2 Å². The zero-order valence-corrected chi connectivity index (χ0v) is 15.0. The van der Waals surface area contributed by atoms with Crippen molar-refractivity contribution in [1.82, 2.24) is 10.3 Å². The van der Waals surface area contributed by atoms with Gasteiger partial charge < -0.3 is 10.3 Å². The van der Waals surface area contributed by atoms with Crippen LogP contribution in [0.25, 0.3) is 10.9 Å². The minimum absolute atomic E-state index is 0.0132. The fourth-order valence-electron chi connectivity index (χ4n) is 2.71. The molecule has 5 heteroatoms. The van der Waals surface area contributed by atoms with Gasteiger partial charge in [-0.2, -0.15) is 0 Å². The summed E-state index contributed by atoms with van der Waals surface area (Å²) in [7, 11) is 0. The van der Waals surface area contributed by atoms with Crippen LogP contribution in [-0.2, 0) is 11.2 Å². The van der Waals surface area contributed by atoms with Gasteiger partial charge in [-0.15, -0.1) is 0 Å². The molecule has 0 unspecified atom stereocenters. The van der Waals surface area contributed by atoms with Gasteiger partial charge in [-0.3, -0.25) is 4.79 Å². The van der Waals surface area contributed by atoms with Crippen LogP contribution >= 0.6 is 11.8 Å². The molecule has 2 N–H and O–H groups in total. The zero-order chi connectivity index (χ0) is 17.6. The molecule has 0 aliphatic rings. The SMILES string of the molecule is CCCCNC(=O)Cc1c(Sc2cccc(F)c2)[nH]c2ccccc12. The first-order valence-corrected chi connectivity index (χ1v) is 9.28. The number of amides is 1. The Hall–Kier alpha value is -2.27. The van der Waals surface area contributed by atoms with Crippen LogP contribution in [-0.4, -0.2) is 17.4 Å². The van der Waals surface area contributed by atoms with Gasteiger partial charge in [-0.05, 0) is 30.7 Å².